The predicted molar refractivity (Wildman–Crippen MR) is 114 cm³/mol. The van der Waals surface area contributed by atoms with E-state index in [1.54, 1.807) is 42.5 Å². The van der Waals surface area contributed by atoms with Gasteiger partial charge in [0.25, 0.3) is 11.6 Å². The van der Waals surface area contributed by atoms with Crippen molar-refractivity contribution in [2.45, 2.75) is 13.5 Å². The molecular formula is C22H19ClN2O5. The van der Waals surface area contributed by atoms with Crippen molar-refractivity contribution in [3.63, 3.8) is 0 Å². The number of halogens is 1. The highest BCUT2D eigenvalue weighted by Gasteiger charge is 2.14. The Labute approximate surface area is 178 Å². The molecule has 8 heteroatoms. The van der Waals surface area contributed by atoms with Gasteiger partial charge in [0.1, 0.15) is 18.1 Å². The van der Waals surface area contributed by atoms with E-state index in [0.717, 1.165) is 0 Å². The molecule has 0 aliphatic rings. The number of benzene rings is 3. The molecule has 0 radical (unpaired) electrons. The number of carbonyl (C=O) groups is 1. The van der Waals surface area contributed by atoms with Crippen molar-refractivity contribution in [1.82, 2.24) is 0 Å². The second-order valence-electron chi connectivity index (χ2n) is 6.24. The van der Waals surface area contributed by atoms with E-state index >= 15 is 0 Å². The maximum absolute atomic E-state index is 12.7. The number of nitro benzene ring substituents is 1. The van der Waals surface area contributed by atoms with E-state index in [-0.39, 0.29) is 12.3 Å². The van der Waals surface area contributed by atoms with Gasteiger partial charge >= 0.3 is 0 Å². The van der Waals surface area contributed by atoms with Gasteiger partial charge in [-0.25, -0.2) is 0 Å². The summed E-state index contributed by atoms with van der Waals surface area (Å²) >= 11 is 6.13. The Morgan fingerprint density at radius 1 is 1.03 bits per heavy atom. The molecule has 0 aliphatic carbocycles. The largest absolute Gasteiger partial charge is 0.493 e. The highest BCUT2D eigenvalue weighted by atomic mass is 35.5. The third kappa shape index (κ3) is 5.27. The molecular weight excluding hydrogens is 408 g/mol. The van der Waals surface area contributed by atoms with Crippen molar-refractivity contribution < 1.29 is 19.2 Å². The standard InChI is InChI=1S/C22H19ClN2O5/c1-2-29-20-11-10-15(12-16(20)14-30-21-9-4-3-8-19(21)23)22(26)24-17-6-5-7-18(13-17)25(27)28/h3-13H,2,14H2,1H3,(H,24,26). The van der Waals surface area contributed by atoms with Gasteiger partial charge in [0.2, 0.25) is 0 Å². The number of nitrogens with zero attached hydrogens (tertiary/aromatic N) is 1. The van der Waals surface area contributed by atoms with E-state index in [1.807, 2.05) is 13.0 Å². The second kappa shape index (κ2) is 9.76. The zero-order chi connectivity index (χ0) is 21.5. The summed E-state index contributed by atoms with van der Waals surface area (Å²) in [5, 5.41) is 14.1. The zero-order valence-corrected chi connectivity index (χ0v) is 16.9. The van der Waals surface area contributed by atoms with Crippen LogP contribution >= 0.6 is 11.6 Å². The third-order valence-electron chi connectivity index (χ3n) is 4.16. The highest BCUT2D eigenvalue weighted by Crippen LogP contribution is 2.27. The van der Waals surface area contributed by atoms with Gasteiger partial charge in [0.15, 0.2) is 0 Å². The van der Waals surface area contributed by atoms with Crippen molar-refractivity contribution in [2.75, 3.05) is 11.9 Å². The number of nitro groups is 1. The molecule has 0 fully saturated rings. The third-order valence-corrected chi connectivity index (χ3v) is 4.47. The quantitative estimate of drug-likeness (QED) is 0.380. The number of hydrogen-bond acceptors (Lipinski definition) is 5. The monoisotopic (exact) mass is 426 g/mol. The van der Waals surface area contributed by atoms with Gasteiger partial charge in [0, 0.05) is 28.9 Å². The average molecular weight is 427 g/mol. The number of para-hydroxylation sites is 1. The number of anilines is 1. The Hall–Kier alpha value is -3.58. The molecule has 3 aromatic carbocycles. The molecule has 0 bridgehead atoms. The van der Waals surface area contributed by atoms with Gasteiger partial charge in [-0.1, -0.05) is 29.8 Å². The van der Waals surface area contributed by atoms with Gasteiger partial charge in [-0.15, -0.1) is 0 Å². The zero-order valence-electron chi connectivity index (χ0n) is 16.1. The summed E-state index contributed by atoms with van der Waals surface area (Å²) in [5.41, 5.74) is 1.26. The minimum Gasteiger partial charge on any atom is -0.493 e. The highest BCUT2D eigenvalue weighted by molar-refractivity contribution is 6.32. The van der Waals surface area contributed by atoms with Gasteiger partial charge in [-0.2, -0.15) is 0 Å². The van der Waals surface area contributed by atoms with Crippen molar-refractivity contribution >= 4 is 28.9 Å². The summed E-state index contributed by atoms with van der Waals surface area (Å²) < 4.78 is 11.4. The summed E-state index contributed by atoms with van der Waals surface area (Å²) in [7, 11) is 0. The summed E-state index contributed by atoms with van der Waals surface area (Å²) in [6.45, 7) is 2.47. The molecule has 0 saturated carbocycles. The number of nitrogens with one attached hydrogen (secondary N) is 1. The lowest BCUT2D eigenvalue weighted by Crippen LogP contribution is -2.13. The van der Waals surface area contributed by atoms with Crippen LogP contribution in [0.2, 0.25) is 5.02 Å². The first-order valence-electron chi connectivity index (χ1n) is 9.16. The Balaban J connectivity index is 1.80. The summed E-state index contributed by atoms with van der Waals surface area (Å²) in [5.74, 6) is 0.710. The van der Waals surface area contributed by atoms with E-state index in [0.29, 0.717) is 39.9 Å². The minimum absolute atomic E-state index is 0.103. The summed E-state index contributed by atoms with van der Waals surface area (Å²) in [6, 6.07) is 17.8. The van der Waals surface area contributed by atoms with Crippen LogP contribution in [0.3, 0.4) is 0 Å². The molecule has 0 aliphatic heterocycles. The fourth-order valence-electron chi connectivity index (χ4n) is 2.75. The number of non-ortho nitro benzene ring substituents is 1. The van der Waals surface area contributed by atoms with E-state index in [2.05, 4.69) is 5.32 Å². The number of hydrogen-bond donors (Lipinski definition) is 1. The molecule has 30 heavy (non-hydrogen) atoms. The number of amides is 1. The lowest BCUT2D eigenvalue weighted by atomic mass is 10.1. The van der Waals surface area contributed by atoms with Crippen LogP contribution in [0, 0.1) is 10.1 Å². The van der Waals surface area contributed by atoms with Crippen LogP contribution in [-0.4, -0.2) is 17.4 Å². The molecule has 0 heterocycles. The summed E-state index contributed by atoms with van der Waals surface area (Å²) in [4.78, 5) is 23.1. The van der Waals surface area contributed by atoms with Crippen molar-refractivity contribution in [3.05, 3.63) is 93.0 Å². The van der Waals surface area contributed by atoms with Crippen LogP contribution in [0.1, 0.15) is 22.8 Å². The minimum atomic E-state index is -0.517. The topological polar surface area (TPSA) is 90.7 Å². The number of rotatable bonds is 8. The lowest BCUT2D eigenvalue weighted by molar-refractivity contribution is -0.384. The van der Waals surface area contributed by atoms with Crippen molar-refractivity contribution in [3.8, 4) is 11.5 Å². The van der Waals surface area contributed by atoms with Gasteiger partial charge in [-0.3, -0.25) is 14.9 Å². The predicted octanol–water partition coefficient (Wildman–Crippen LogP) is 5.48. The molecule has 0 spiro atoms. The first kappa shape index (κ1) is 21.1. The fraction of sp³-hybridized carbons (Fsp3) is 0.136. The maximum Gasteiger partial charge on any atom is 0.271 e. The Morgan fingerprint density at radius 3 is 2.57 bits per heavy atom. The summed E-state index contributed by atoms with van der Waals surface area (Å²) in [6.07, 6.45) is 0. The van der Waals surface area contributed by atoms with Crippen LogP contribution in [0.5, 0.6) is 11.5 Å². The fourth-order valence-corrected chi connectivity index (χ4v) is 2.94. The van der Waals surface area contributed by atoms with Crippen LogP contribution < -0.4 is 14.8 Å². The molecule has 1 N–H and O–H groups in total. The second-order valence-corrected chi connectivity index (χ2v) is 6.64. The average Bonchev–Trinajstić information content (AvgIpc) is 2.74. The molecule has 3 aromatic rings. The molecule has 3 rings (SSSR count). The van der Waals surface area contributed by atoms with E-state index in [9.17, 15) is 14.9 Å². The van der Waals surface area contributed by atoms with Crippen molar-refractivity contribution in [1.29, 1.82) is 0 Å². The molecule has 0 saturated heterocycles. The molecule has 0 aromatic heterocycles. The molecule has 0 unspecified atom stereocenters. The van der Waals surface area contributed by atoms with Crippen LogP contribution in [-0.2, 0) is 6.61 Å². The smallest absolute Gasteiger partial charge is 0.271 e. The molecule has 154 valence electrons. The maximum atomic E-state index is 12.7. The molecule has 7 nitrogen and oxygen atoms in total. The van der Waals surface area contributed by atoms with Gasteiger partial charge in [-0.05, 0) is 43.3 Å². The van der Waals surface area contributed by atoms with Crippen LogP contribution in [0.25, 0.3) is 0 Å². The molecule has 1 amide bonds. The Morgan fingerprint density at radius 2 is 1.83 bits per heavy atom. The normalized spacial score (nSPS) is 10.3. The van der Waals surface area contributed by atoms with Gasteiger partial charge < -0.3 is 14.8 Å². The van der Waals surface area contributed by atoms with Gasteiger partial charge in [0.05, 0.1) is 16.6 Å². The first-order chi connectivity index (χ1) is 14.5. The Bertz CT molecular complexity index is 1070. The van der Waals surface area contributed by atoms with Crippen molar-refractivity contribution in [2.24, 2.45) is 0 Å². The van der Waals surface area contributed by atoms with E-state index in [4.69, 9.17) is 21.1 Å². The first-order valence-corrected chi connectivity index (χ1v) is 9.54. The number of carbonyl (C=O) groups excluding carboxylic acids is 1. The van der Waals surface area contributed by atoms with Crippen LogP contribution in [0.4, 0.5) is 11.4 Å². The van der Waals surface area contributed by atoms with E-state index in [1.165, 1.54) is 18.2 Å². The van der Waals surface area contributed by atoms with Crippen LogP contribution in [0.15, 0.2) is 66.7 Å². The lowest BCUT2D eigenvalue weighted by Gasteiger charge is -2.14. The Kier molecular flexibility index (Phi) is 6.87. The SMILES string of the molecule is CCOc1ccc(C(=O)Nc2cccc([N+](=O)[O-])c2)cc1COc1ccccc1Cl. The van der Waals surface area contributed by atoms with E-state index < -0.39 is 10.8 Å². The molecule has 0 atom stereocenters. The number of ether oxygens (including phenoxy) is 2.